The lowest BCUT2D eigenvalue weighted by Crippen LogP contribution is -2.30. The topological polar surface area (TPSA) is 96.2 Å². The first-order valence-corrected chi connectivity index (χ1v) is 6.21. The van der Waals surface area contributed by atoms with Gasteiger partial charge in [0.25, 0.3) is 0 Å². The molecule has 0 aliphatic rings. The molecule has 0 heterocycles. The zero-order valence-electron chi connectivity index (χ0n) is 11.2. The number of nitrogens with two attached hydrogens (primary N) is 1. The van der Waals surface area contributed by atoms with E-state index < -0.39 is 6.03 Å². The Bertz CT molecular complexity index is 431. The van der Waals surface area contributed by atoms with Crippen LogP contribution in [0.25, 0.3) is 0 Å². The molecule has 19 heavy (non-hydrogen) atoms. The first kappa shape index (κ1) is 15.0. The second-order valence-electron chi connectivity index (χ2n) is 4.28. The molecule has 0 fully saturated rings. The summed E-state index contributed by atoms with van der Waals surface area (Å²) >= 11 is 0. The molecule has 6 nitrogen and oxygen atoms in total. The number of hydrogen-bond donors (Lipinski definition) is 4. The maximum absolute atomic E-state index is 11.7. The highest BCUT2D eigenvalue weighted by molar-refractivity contribution is 5.92. The molecule has 0 aromatic heterocycles. The van der Waals surface area contributed by atoms with Gasteiger partial charge in [0.05, 0.1) is 0 Å². The van der Waals surface area contributed by atoms with Crippen molar-refractivity contribution in [3.63, 3.8) is 0 Å². The molecule has 5 N–H and O–H groups in total. The molecule has 0 saturated heterocycles. The van der Waals surface area contributed by atoms with E-state index >= 15 is 0 Å². The Morgan fingerprint density at radius 1 is 1.16 bits per heavy atom. The van der Waals surface area contributed by atoms with Gasteiger partial charge in [0, 0.05) is 23.8 Å². The summed E-state index contributed by atoms with van der Waals surface area (Å²) in [6, 6.07) is 6.29. The van der Waals surface area contributed by atoms with E-state index in [1.807, 2.05) is 13.8 Å². The molecule has 0 bridgehead atoms. The second kappa shape index (κ2) is 7.38. The van der Waals surface area contributed by atoms with Crippen molar-refractivity contribution in [2.24, 2.45) is 5.73 Å². The minimum Gasteiger partial charge on any atom is -0.351 e. The number of benzene rings is 1. The summed E-state index contributed by atoms with van der Waals surface area (Å²) in [6.45, 7) is 4.80. The lowest BCUT2D eigenvalue weighted by atomic mass is 10.2. The summed E-state index contributed by atoms with van der Waals surface area (Å²) in [5.74, 6) is -0.0518. The van der Waals surface area contributed by atoms with Gasteiger partial charge in [-0.3, -0.25) is 4.79 Å². The quantitative estimate of drug-likeness (QED) is 0.627. The van der Waals surface area contributed by atoms with Gasteiger partial charge >= 0.3 is 6.03 Å². The summed E-state index contributed by atoms with van der Waals surface area (Å²) < 4.78 is 0. The van der Waals surface area contributed by atoms with Crippen LogP contribution in [-0.2, 0) is 4.79 Å². The largest absolute Gasteiger partial charge is 0.351 e. The van der Waals surface area contributed by atoms with Gasteiger partial charge in [-0.15, -0.1) is 0 Å². The number of rotatable bonds is 6. The molecule has 3 amide bonds. The number of primary amides is 1. The van der Waals surface area contributed by atoms with Crippen molar-refractivity contribution < 1.29 is 9.59 Å². The normalized spacial score (nSPS) is 11.7. The minimum absolute atomic E-state index is 0.0518. The second-order valence-corrected chi connectivity index (χ2v) is 4.28. The highest BCUT2D eigenvalue weighted by Gasteiger charge is 2.08. The van der Waals surface area contributed by atoms with Crippen LogP contribution in [0.1, 0.15) is 20.3 Å². The van der Waals surface area contributed by atoms with Crippen molar-refractivity contribution in [3.05, 3.63) is 24.3 Å². The fraction of sp³-hybridized carbons (Fsp3) is 0.385. The SMILES string of the molecule is CCNC(C)CC(=O)Nc1ccc(NC(N)=O)cc1. The van der Waals surface area contributed by atoms with Crippen molar-refractivity contribution in [2.45, 2.75) is 26.3 Å². The van der Waals surface area contributed by atoms with Gasteiger partial charge in [-0.05, 0) is 37.7 Å². The molecule has 0 spiro atoms. The Hall–Kier alpha value is -2.08. The Kier molecular flexibility index (Phi) is 5.81. The molecule has 1 aromatic carbocycles. The van der Waals surface area contributed by atoms with Gasteiger partial charge in [0.2, 0.25) is 5.91 Å². The van der Waals surface area contributed by atoms with Gasteiger partial charge in [-0.1, -0.05) is 6.92 Å². The van der Waals surface area contributed by atoms with Crippen LogP contribution >= 0.6 is 0 Å². The number of anilines is 2. The smallest absolute Gasteiger partial charge is 0.316 e. The fourth-order valence-electron chi connectivity index (χ4n) is 1.69. The number of urea groups is 1. The molecule has 1 rings (SSSR count). The van der Waals surface area contributed by atoms with Crippen LogP contribution in [-0.4, -0.2) is 24.5 Å². The third kappa shape index (κ3) is 5.87. The number of carbonyl (C=O) groups excluding carboxylic acids is 2. The highest BCUT2D eigenvalue weighted by Crippen LogP contribution is 2.13. The lowest BCUT2D eigenvalue weighted by Gasteiger charge is -2.12. The molecule has 0 saturated carbocycles. The van der Waals surface area contributed by atoms with Gasteiger partial charge in [0.1, 0.15) is 0 Å². The maximum atomic E-state index is 11.7. The number of hydrogen-bond acceptors (Lipinski definition) is 3. The van der Waals surface area contributed by atoms with Crippen LogP contribution in [0.2, 0.25) is 0 Å². The zero-order chi connectivity index (χ0) is 14.3. The van der Waals surface area contributed by atoms with Gasteiger partial charge in [0.15, 0.2) is 0 Å². The van der Waals surface area contributed by atoms with Crippen LogP contribution in [0.3, 0.4) is 0 Å². The molecular weight excluding hydrogens is 244 g/mol. The van der Waals surface area contributed by atoms with Crippen molar-refractivity contribution in [1.29, 1.82) is 0 Å². The fourth-order valence-corrected chi connectivity index (χ4v) is 1.69. The van der Waals surface area contributed by atoms with Crippen LogP contribution in [0.15, 0.2) is 24.3 Å². The maximum Gasteiger partial charge on any atom is 0.316 e. The first-order chi connectivity index (χ1) is 9.01. The Morgan fingerprint density at radius 3 is 2.16 bits per heavy atom. The van der Waals surface area contributed by atoms with Crippen molar-refractivity contribution >= 4 is 23.3 Å². The van der Waals surface area contributed by atoms with Crippen LogP contribution in [0.4, 0.5) is 16.2 Å². The van der Waals surface area contributed by atoms with Crippen LogP contribution < -0.4 is 21.7 Å². The summed E-state index contributed by atoms with van der Waals surface area (Å²) in [6.07, 6.45) is 0.412. The Morgan fingerprint density at radius 2 is 1.68 bits per heavy atom. The van der Waals surface area contributed by atoms with E-state index in [1.165, 1.54) is 0 Å². The van der Waals surface area contributed by atoms with E-state index in [0.29, 0.717) is 17.8 Å². The first-order valence-electron chi connectivity index (χ1n) is 6.21. The standard InChI is InChI=1S/C13H20N4O2/c1-3-15-9(2)8-12(18)16-10-4-6-11(7-5-10)17-13(14)19/h4-7,9,15H,3,8H2,1-2H3,(H,16,18)(H3,14,17,19). The molecule has 104 valence electrons. The number of carbonyl (C=O) groups is 2. The van der Waals surface area contributed by atoms with E-state index in [1.54, 1.807) is 24.3 Å². The van der Waals surface area contributed by atoms with Gasteiger partial charge in [-0.2, -0.15) is 0 Å². The summed E-state index contributed by atoms with van der Waals surface area (Å²) in [4.78, 5) is 22.4. The average molecular weight is 264 g/mol. The summed E-state index contributed by atoms with van der Waals surface area (Å²) in [7, 11) is 0. The van der Waals surface area contributed by atoms with E-state index in [9.17, 15) is 9.59 Å². The number of nitrogens with one attached hydrogen (secondary N) is 3. The molecule has 1 unspecified atom stereocenters. The molecular formula is C13H20N4O2. The van der Waals surface area contributed by atoms with Gasteiger partial charge in [-0.25, -0.2) is 4.79 Å². The molecule has 0 radical (unpaired) electrons. The summed E-state index contributed by atoms with van der Waals surface area (Å²) in [5, 5.41) is 8.41. The van der Waals surface area contributed by atoms with E-state index in [2.05, 4.69) is 16.0 Å². The van der Waals surface area contributed by atoms with Crippen molar-refractivity contribution in [2.75, 3.05) is 17.2 Å². The average Bonchev–Trinajstić information content (AvgIpc) is 2.31. The predicted octanol–water partition coefficient (Wildman–Crippen LogP) is 1.50. The van der Waals surface area contributed by atoms with E-state index in [0.717, 1.165) is 6.54 Å². The Balaban J connectivity index is 2.48. The van der Waals surface area contributed by atoms with E-state index in [4.69, 9.17) is 5.73 Å². The van der Waals surface area contributed by atoms with Crippen molar-refractivity contribution in [1.82, 2.24) is 5.32 Å². The van der Waals surface area contributed by atoms with Crippen LogP contribution in [0, 0.1) is 0 Å². The molecule has 0 aliphatic heterocycles. The van der Waals surface area contributed by atoms with Crippen molar-refractivity contribution in [3.8, 4) is 0 Å². The molecule has 6 heteroatoms. The predicted molar refractivity (Wildman–Crippen MR) is 76.0 cm³/mol. The molecule has 0 aliphatic carbocycles. The third-order valence-corrected chi connectivity index (χ3v) is 2.48. The minimum atomic E-state index is -0.615. The van der Waals surface area contributed by atoms with Crippen LogP contribution in [0.5, 0.6) is 0 Å². The molecule has 1 aromatic rings. The summed E-state index contributed by atoms with van der Waals surface area (Å²) in [5.41, 5.74) is 6.27. The third-order valence-electron chi connectivity index (χ3n) is 2.48. The number of amides is 3. The van der Waals surface area contributed by atoms with E-state index in [-0.39, 0.29) is 11.9 Å². The lowest BCUT2D eigenvalue weighted by molar-refractivity contribution is -0.116. The Labute approximate surface area is 112 Å². The molecule has 1 atom stereocenters. The van der Waals surface area contributed by atoms with Gasteiger partial charge < -0.3 is 21.7 Å². The zero-order valence-corrected chi connectivity index (χ0v) is 11.2. The monoisotopic (exact) mass is 264 g/mol. The highest BCUT2D eigenvalue weighted by atomic mass is 16.2.